The van der Waals surface area contributed by atoms with E-state index in [9.17, 15) is 4.79 Å². The number of fused-ring (bicyclic) bond motifs is 1. The van der Waals surface area contributed by atoms with Crippen molar-refractivity contribution in [1.82, 2.24) is 4.57 Å². The summed E-state index contributed by atoms with van der Waals surface area (Å²) in [5.41, 5.74) is 1.96. The first-order chi connectivity index (χ1) is 7.43. The van der Waals surface area contributed by atoms with Crippen LogP contribution >= 0.6 is 27.5 Å². The zero-order valence-electron chi connectivity index (χ0n) is 8.71. The van der Waals surface area contributed by atoms with Crippen LogP contribution in [0, 0.1) is 6.92 Å². The van der Waals surface area contributed by atoms with E-state index in [4.69, 9.17) is 16.7 Å². The lowest BCUT2D eigenvalue weighted by Gasteiger charge is -2.01. The Morgan fingerprint density at radius 3 is 2.69 bits per heavy atom. The Kier molecular flexibility index (Phi) is 2.72. The highest BCUT2D eigenvalue weighted by Crippen LogP contribution is 2.33. The van der Waals surface area contributed by atoms with Crippen molar-refractivity contribution in [1.29, 1.82) is 0 Å². The third-order valence-corrected chi connectivity index (χ3v) is 4.00. The molecule has 0 amide bonds. The summed E-state index contributed by atoms with van der Waals surface area (Å²) >= 11 is 9.34. The fraction of sp³-hybridized carbons (Fsp3) is 0.182. The SMILES string of the molecule is Cc1c(Br)n(C)c2cc(Cl)cc(C(=O)O)c12. The first-order valence-corrected chi connectivity index (χ1v) is 5.78. The molecule has 0 aliphatic rings. The van der Waals surface area contributed by atoms with E-state index in [1.54, 1.807) is 6.07 Å². The molecule has 5 heteroatoms. The lowest BCUT2D eigenvalue weighted by atomic mass is 10.1. The van der Waals surface area contributed by atoms with Gasteiger partial charge in [-0.25, -0.2) is 4.79 Å². The molecule has 0 radical (unpaired) electrons. The summed E-state index contributed by atoms with van der Waals surface area (Å²) in [4.78, 5) is 11.2. The average Bonchev–Trinajstić information content (AvgIpc) is 2.43. The second kappa shape index (κ2) is 3.79. The lowest BCUT2D eigenvalue weighted by Crippen LogP contribution is -1.98. The number of hydrogen-bond acceptors (Lipinski definition) is 1. The number of benzene rings is 1. The molecule has 0 atom stereocenters. The van der Waals surface area contributed by atoms with Crippen LogP contribution in [0.1, 0.15) is 15.9 Å². The first-order valence-electron chi connectivity index (χ1n) is 4.60. The predicted molar refractivity (Wildman–Crippen MR) is 67.3 cm³/mol. The van der Waals surface area contributed by atoms with Gasteiger partial charge in [-0.1, -0.05) is 11.6 Å². The molecule has 0 bridgehead atoms. The number of carboxylic acids is 1. The van der Waals surface area contributed by atoms with E-state index >= 15 is 0 Å². The number of carboxylic acid groups (broad SMARTS) is 1. The molecule has 1 aromatic carbocycles. The molecule has 0 saturated carbocycles. The highest BCUT2D eigenvalue weighted by Gasteiger charge is 2.17. The van der Waals surface area contributed by atoms with Gasteiger partial charge in [0.2, 0.25) is 0 Å². The maximum Gasteiger partial charge on any atom is 0.336 e. The number of halogens is 2. The van der Waals surface area contributed by atoms with Gasteiger partial charge >= 0.3 is 5.97 Å². The third kappa shape index (κ3) is 1.53. The maximum atomic E-state index is 11.2. The van der Waals surface area contributed by atoms with Crippen molar-refractivity contribution in [3.63, 3.8) is 0 Å². The van der Waals surface area contributed by atoms with Gasteiger partial charge in [-0.2, -0.15) is 0 Å². The largest absolute Gasteiger partial charge is 0.478 e. The van der Waals surface area contributed by atoms with E-state index in [1.807, 2.05) is 18.5 Å². The Morgan fingerprint density at radius 2 is 2.12 bits per heavy atom. The number of hydrogen-bond donors (Lipinski definition) is 1. The maximum absolute atomic E-state index is 11.2. The molecule has 2 aromatic rings. The van der Waals surface area contributed by atoms with Gasteiger partial charge in [-0.05, 0) is 40.5 Å². The smallest absolute Gasteiger partial charge is 0.336 e. The van der Waals surface area contributed by atoms with E-state index in [1.165, 1.54) is 6.07 Å². The number of nitrogens with zero attached hydrogens (tertiary/aromatic N) is 1. The van der Waals surface area contributed by atoms with Crippen LogP contribution < -0.4 is 0 Å². The van der Waals surface area contributed by atoms with Crippen LogP contribution in [0.2, 0.25) is 5.02 Å². The van der Waals surface area contributed by atoms with Gasteiger partial charge in [0.15, 0.2) is 0 Å². The van der Waals surface area contributed by atoms with E-state index in [0.717, 1.165) is 21.1 Å². The molecule has 0 unspecified atom stereocenters. The summed E-state index contributed by atoms with van der Waals surface area (Å²) < 4.78 is 2.75. The Labute approximate surface area is 106 Å². The van der Waals surface area contributed by atoms with Crippen molar-refractivity contribution in [3.8, 4) is 0 Å². The van der Waals surface area contributed by atoms with E-state index in [0.29, 0.717) is 5.02 Å². The Morgan fingerprint density at radius 1 is 1.50 bits per heavy atom. The molecular formula is C11H9BrClNO2. The molecule has 1 aromatic heterocycles. The monoisotopic (exact) mass is 301 g/mol. The topological polar surface area (TPSA) is 42.2 Å². The van der Waals surface area contributed by atoms with Gasteiger partial charge in [0.25, 0.3) is 0 Å². The van der Waals surface area contributed by atoms with Crippen LogP contribution in [-0.4, -0.2) is 15.6 Å². The zero-order valence-corrected chi connectivity index (χ0v) is 11.1. The Hall–Kier alpha value is -1.00. The minimum absolute atomic E-state index is 0.237. The van der Waals surface area contributed by atoms with Gasteiger partial charge in [0.1, 0.15) is 0 Å². The molecule has 0 fully saturated rings. The summed E-state index contributed by atoms with van der Waals surface area (Å²) in [5.74, 6) is -0.964. The summed E-state index contributed by atoms with van der Waals surface area (Å²) in [5, 5.41) is 10.3. The fourth-order valence-electron chi connectivity index (χ4n) is 1.88. The second-order valence-corrected chi connectivity index (χ2v) is 4.82. The van der Waals surface area contributed by atoms with Crippen LogP contribution in [0.15, 0.2) is 16.7 Å². The van der Waals surface area contributed by atoms with E-state index < -0.39 is 5.97 Å². The molecule has 16 heavy (non-hydrogen) atoms. The molecule has 0 aliphatic heterocycles. The molecule has 2 rings (SSSR count). The van der Waals surface area contributed by atoms with Crippen LogP contribution in [-0.2, 0) is 7.05 Å². The van der Waals surface area contributed by atoms with Gasteiger partial charge < -0.3 is 9.67 Å². The molecule has 1 heterocycles. The summed E-state index contributed by atoms with van der Waals surface area (Å²) in [7, 11) is 1.86. The van der Waals surface area contributed by atoms with Crippen molar-refractivity contribution in [2.24, 2.45) is 7.05 Å². The van der Waals surface area contributed by atoms with Crippen molar-refractivity contribution in [2.75, 3.05) is 0 Å². The Balaban J connectivity index is 3.02. The molecule has 3 nitrogen and oxygen atoms in total. The van der Waals surface area contributed by atoms with Crippen molar-refractivity contribution < 1.29 is 9.90 Å². The van der Waals surface area contributed by atoms with Crippen molar-refractivity contribution in [3.05, 3.63) is 32.9 Å². The molecule has 84 valence electrons. The van der Waals surface area contributed by atoms with E-state index in [-0.39, 0.29) is 5.56 Å². The Bertz CT molecular complexity index is 604. The quantitative estimate of drug-likeness (QED) is 0.874. The van der Waals surface area contributed by atoms with Gasteiger partial charge in [0.05, 0.1) is 15.7 Å². The average molecular weight is 303 g/mol. The van der Waals surface area contributed by atoms with Gasteiger partial charge in [-0.3, -0.25) is 0 Å². The van der Waals surface area contributed by atoms with Crippen LogP contribution in [0.25, 0.3) is 10.9 Å². The lowest BCUT2D eigenvalue weighted by molar-refractivity contribution is 0.0699. The predicted octanol–water partition coefficient (Wildman–Crippen LogP) is 3.60. The minimum atomic E-state index is -0.964. The van der Waals surface area contributed by atoms with Gasteiger partial charge in [-0.15, -0.1) is 0 Å². The highest BCUT2D eigenvalue weighted by molar-refractivity contribution is 9.10. The normalized spacial score (nSPS) is 11.0. The number of aromatic carboxylic acids is 1. The van der Waals surface area contributed by atoms with Crippen LogP contribution in [0.4, 0.5) is 0 Å². The number of aryl methyl sites for hydroxylation is 2. The van der Waals surface area contributed by atoms with Crippen molar-refractivity contribution in [2.45, 2.75) is 6.92 Å². The van der Waals surface area contributed by atoms with Crippen LogP contribution in [0.5, 0.6) is 0 Å². The molecule has 1 N–H and O–H groups in total. The standard InChI is InChI=1S/C11H9BrClNO2/c1-5-9-7(11(15)16)3-6(13)4-8(9)14(2)10(5)12/h3-4H,1-2H3,(H,15,16). The fourth-order valence-corrected chi connectivity index (χ4v) is 2.48. The highest BCUT2D eigenvalue weighted by atomic mass is 79.9. The second-order valence-electron chi connectivity index (χ2n) is 3.63. The third-order valence-electron chi connectivity index (χ3n) is 2.65. The molecular weight excluding hydrogens is 293 g/mol. The van der Waals surface area contributed by atoms with Crippen LogP contribution in [0.3, 0.4) is 0 Å². The summed E-state index contributed by atoms with van der Waals surface area (Å²) in [6.45, 7) is 1.88. The number of aromatic nitrogens is 1. The molecule has 0 aliphatic carbocycles. The van der Waals surface area contributed by atoms with Crippen molar-refractivity contribution >= 4 is 44.4 Å². The molecule has 0 spiro atoms. The number of rotatable bonds is 1. The summed E-state index contributed by atoms with van der Waals surface area (Å²) in [6.07, 6.45) is 0. The summed E-state index contributed by atoms with van der Waals surface area (Å²) in [6, 6.07) is 3.24. The minimum Gasteiger partial charge on any atom is -0.478 e. The van der Waals surface area contributed by atoms with E-state index in [2.05, 4.69) is 15.9 Å². The molecule has 0 saturated heterocycles. The zero-order chi connectivity index (χ0) is 12.0. The van der Waals surface area contributed by atoms with Gasteiger partial charge in [0, 0.05) is 17.5 Å². The first kappa shape index (κ1) is 11.5. The number of carbonyl (C=O) groups is 1.